The number of thioether (sulfide) groups is 1. The van der Waals surface area contributed by atoms with E-state index in [4.69, 9.17) is 4.74 Å². The molecular formula is C22H22NO4S2-. The van der Waals surface area contributed by atoms with Gasteiger partial charge in [-0.3, -0.25) is 4.90 Å². The summed E-state index contributed by atoms with van der Waals surface area (Å²) in [5, 5.41) is 10.8. The first-order valence-electron chi connectivity index (χ1n) is 9.08. The molecule has 29 heavy (non-hydrogen) atoms. The third kappa shape index (κ3) is 5.04. The lowest BCUT2D eigenvalue weighted by Crippen LogP contribution is -2.40. The number of fused-ring (bicyclic) bond motifs is 2. The number of ether oxygens (including phenoxy) is 1. The monoisotopic (exact) mass is 428 g/mol. The van der Waals surface area contributed by atoms with Gasteiger partial charge in [0.1, 0.15) is 0 Å². The fourth-order valence-electron chi connectivity index (χ4n) is 3.15. The Morgan fingerprint density at radius 2 is 1.90 bits per heavy atom. The second-order valence-electron chi connectivity index (χ2n) is 6.83. The van der Waals surface area contributed by atoms with E-state index in [-0.39, 0.29) is 0 Å². The van der Waals surface area contributed by atoms with Gasteiger partial charge in [-0.05, 0) is 60.8 Å². The van der Waals surface area contributed by atoms with E-state index in [1.165, 1.54) is 10.5 Å². The molecule has 1 unspecified atom stereocenters. The van der Waals surface area contributed by atoms with Crippen molar-refractivity contribution in [3.8, 4) is 0 Å². The van der Waals surface area contributed by atoms with Gasteiger partial charge in [-0.15, -0.1) is 0 Å². The van der Waals surface area contributed by atoms with Crippen LogP contribution in [0.15, 0.2) is 58.3 Å². The number of benzene rings is 2. The van der Waals surface area contributed by atoms with Gasteiger partial charge in [0.05, 0.1) is 0 Å². The van der Waals surface area contributed by atoms with Crippen LogP contribution in [0.3, 0.4) is 0 Å². The van der Waals surface area contributed by atoms with Crippen LogP contribution < -0.4 is 5.11 Å². The summed E-state index contributed by atoms with van der Waals surface area (Å²) in [6.45, 7) is 0. The van der Waals surface area contributed by atoms with Crippen molar-refractivity contribution >= 4 is 41.0 Å². The van der Waals surface area contributed by atoms with Crippen LogP contribution in [0.25, 0.3) is 5.57 Å². The minimum absolute atomic E-state index is 0.354. The van der Waals surface area contributed by atoms with Crippen LogP contribution in [-0.2, 0) is 20.1 Å². The molecule has 1 heterocycles. The summed E-state index contributed by atoms with van der Waals surface area (Å²) in [5.41, 5.74) is 4.57. The summed E-state index contributed by atoms with van der Waals surface area (Å²) >= 11 is 3.51. The average Bonchev–Trinajstić information content (AvgIpc) is 2.70. The highest BCUT2D eigenvalue weighted by Gasteiger charge is 2.23. The van der Waals surface area contributed by atoms with Crippen molar-refractivity contribution in [3.05, 3.63) is 65.2 Å². The number of nitrogens with zero attached hydrogens (tertiary/aromatic N) is 1. The standard InChI is InChI=1S/C22H23NO4S2/c1-23(2)20(27-22(26)21(24)25)11-9-15-16-6-4-5-7-18(16)29-19-10-8-14(13-28-3)12-17(15)19/h4-10,12,20H,11,13H2,1-3H3,(H,24,25)/p-1/b15-9+. The van der Waals surface area contributed by atoms with Crippen LogP contribution >= 0.6 is 23.5 Å². The number of carbonyl (C=O) groups excluding carboxylic acids is 2. The molecule has 0 saturated carbocycles. The fourth-order valence-corrected chi connectivity index (χ4v) is 4.75. The molecular weight excluding hydrogens is 406 g/mol. The Kier molecular flexibility index (Phi) is 7.05. The number of hydrogen-bond acceptors (Lipinski definition) is 7. The number of carboxylic acid groups (broad SMARTS) is 1. The molecule has 7 heteroatoms. The summed E-state index contributed by atoms with van der Waals surface area (Å²) in [7, 11) is 3.47. The number of carbonyl (C=O) groups is 2. The largest absolute Gasteiger partial charge is 0.539 e. The maximum absolute atomic E-state index is 11.5. The van der Waals surface area contributed by atoms with E-state index in [1.54, 1.807) is 42.5 Å². The van der Waals surface area contributed by atoms with Crippen molar-refractivity contribution < 1.29 is 19.4 Å². The second-order valence-corrected chi connectivity index (χ2v) is 8.78. The Morgan fingerprint density at radius 1 is 1.17 bits per heavy atom. The third-order valence-corrected chi connectivity index (χ3v) is 6.33. The van der Waals surface area contributed by atoms with Crippen LogP contribution in [0.1, 0.15) is 23.1 Å². The molecule has 0 amide bonds. The summed E-state index contributed by atoms with van der Waals surface area (Å²) in [6.07, 6.45) is 3.75. The quantitative estimate of drug-likeness (QED) is 0.340. The second kappa shape index (κ2) is 9.52. The number of carboxylic acids is 1. The highest BCUT2D eigenvalue weighted by Crippen LogP contribution is 2.46. The molecule has 3 rings (SSSR count). The minimum Gasteiger partial charge on any atom is -0.539 e. The predicted molar refractivity (Wildman–Crippen MR) is 114 cm³/mol. The molecule has 0 radical (unpaired) electrons. The van der Waals surface area contributed by atoms with Crippen LogP contribution in [0.4, 0.5) is 0 Å². The van der Waals surface area contributed by atoms with E-state index in [2.05, 4.69) is 36.6 Å². The first-order valence-corrected chi connectivity index (χ1v) is 11.3. The zero-order chi connectivity index (χ0) is 21.0. The van der Waals surface area contributed by atoms with Gasteiger partial charge in [0.15, 0.2) is 12.2 Å². The van der Waals surface area contributed by atoms with Crippen LogP contribution in [-0.4, -0.2) is 43.4 Å². The van der Waals surface area contributed by atoms with Crippen molar-refractivity contribution in [3.63, 3.8) is 0 Å². The van der Waals surface area contributed by atoms with Crippen molar-refractivity contribution in [2.24, 2.45) is 0 Å². The van der Waals surface area contributed by atoms with E-state index in [9.17, 15) is 14.7 Å². The van der Waals surface area contributed by atoms with E-state index < -0.39 is 18.2 Å². The van der Waals surface area contributed by atoms with Gasteiger partial charge < -0.3 is 14.6 Å². The van der Waals surface area contributed by atoms with E-state index in [0.717, 1.165) is 27.3 Å². The highest BCUT2D eigenvalue weighted by atomic mass is 32.2. The van der Waals surface area contributed by atoms with E-state index in [1.807, 2.05) is 18.2 Å². The molecule has 1 atom stereocenters. The molecule has 1 aliphatic rings. The predicted octanol–water partition coefficient (Wildman–Crippen LogP) is 3.02. The van der Waals surface area contributed by atoms with Gasteiger partial charge in [0, 0.05) is 22.0 Å². The Hall–Kier alpha value is -2.22. The summed E-state index contributed by atoms with van der Waals surface area (Å²) in [5.74, 6) is -2.27. The normalized spacial score (nSPS) is 15.0. The maximum Gasteiger partial charge on any atom is 0.355 e. The molecule has 1 aliphatic heterocycles. The number of hydrogen-bond donors (Lipinski definition) is 0. The lowest BCUT2D eigenvalue weighted by atomic mass is 9.94. The Balaban J connectivity index is 1.99. The summed E-state index contributed by atoms with van der Waals surface area (Å²) in [6, 6.07) is 14.7. The molecule has 152 valence electrons. The van der Waals surface area contributed by atoms with Crippen molar-refractivity contribution in [1.82, 2.24) is 4.90 Å². The molecule has 0 fully saturated rings. The van der Waals surface area contributed by atoms with Crippen molar-refractivity contribution in [1.29, 1.82) is 0 Å². The Morgan fingerprint density at radius 3 is 2.59 bits per heavy atom. The SMILES string of the molecule is CSCc1ccc2c(c1)/C(=C/CC(OC(=O)C(=O)[O-])N(C)C)c1ccccc1S2. The highest BCUT2D eigenvalue weighted by molar-refractivity contribution is 7.99. The van der Waals surface area contributed by atoms with Crippen LogP contribution in [0, 0.1) is 0 Å². The molecule has 0 aromatic heterocycles. The Labute approximate surface area is 179 Å². The van der Waals surface area contributed by atoms with Gasteiger partial charge in [0.2, 0.25) is 0 Å². The lowest BCUT2D eigenvalue weighted by molar-refractivity contribution is -0.305. The molecule has 0 saturated heterocycles. The average molecular weight is 429 g/mol. The minimum atomic E-state index is -1.84. The molecule has 2 aromatic carbocycles. The van der Waals surface area contributed by atoms with E-state index >= 15 is 0 Å². The number of esters is 1. The zero-order valence-corrected chi connectivity index (χ0v) is 18.1. The molecule has 0 bridgehead atoms. The van der Waals surface area contributed by atoms with E-state index in [0.29, 0.717) is 6.42 Å². The smallest absolute Gasteiger partial charge is 0.355 e. The van der Waals surface area contributed by atoms with Crippen molar-refractivity contribution in [2.75, 3.05) is 20.4 Å². The van der Waals surface area contributed by atoms with Gasteiger partial charge in [0.25, 0.3) is 0 Å². The van der Waals surface area contributed by atoms with Crippen LogP contribution in [0.5, 0.6) is 0 Å². The number of rotatable bonds is 6. The number of aliphatic carboxylic acids is 1. The molecule has 0 aliphatic carbocycles. The molecule has 0 spiro atoms. The summed E-state index contributed by atoms with van der Waals surface area (Å²) in [4.78, 5) is 26.3. The molecule has 0 N–H and O–H groups in total. The Bertz CT molecular complexity index is 956. The van der Waals surface area contributed by atoms with Gasteiger partial charge in [-0.1, -0.05) is 42.1 Å². The van der Waals surface area contributed by atoms with Gasteiger partial charge in [-0.2, -0.15) is 11.8 Å². The van der Waals surface area contributed by atoms with Crippen LogP contribution in [0.2, 0.25) is 0 Å². The zero-order valence-electron chi connectivity index (χ0n) is 16.5. The third-order valence-electron chi connectivity index (χ3n) is 4.55. The first kappa shape index (κ1) is 21.5. The van der Waals surface area contributed by atoms with Gasteiger partial charge >= 0.3 is 5.97 Å². The molecule has 5 nitrogen and oxygen atoms in total. The lowest BCUT2D eigenvalue weighted by Gasteiger charge is -2.26. The molecule has 2 aromatic rings. The fraction of sp³-hybridized carbons (Fsp3) is 0.273. The topological polar surface area (TPSA) is 69.7 Å². The first-order chi connectivity index (χ1) is 13.9. The maximum atomic E-state index is 11.5. The van der Waals surface area contributed by atoms with Gasteiger partial charge in [-0.25, -0.2) is 4.79 Å². The van der Waals surface area contributed by atoms with Crippen molar-refractivity contribution in [2.45, 2.75) is 28.2 Å². The summed E-state index contributed by atoms with van der Waals surface area (Å²) < 4.78 is 5.07.